The van der Waals surface area contributed by atoms with Crippen LogP contribution in [0.25, 0.3) is 0 Å². The lowest BCUT2D eigenvalue weighted by atomic mass is 9.44. The number of nitrogens with zero attached hydrogens (tertiary/aromatic N) is 1. The number of carbonyl (C=O) groups excluding carboxylic acids is 1. The number of likely N-dealkylation sites (N-methyl/N-ethyl adjacent to an activating group) is 1. The summed E-state index contributed by atoms with van der Waals surface area (Å²) in [6, 6.07) is 14.0. The summed E-state index contributed by atoms with van der Waals surface area (Å²) < 4.78 is 13.1. The molecule has 156 valence electrons. The van der Waals surface area contributed by atoms with Crippen LogP contribution in [0.1, 0.15) is 36.0 Å². The first-order chi connectivity index (χ1) is 14.5. The van der Waals surface area contributed by atoms with Gasteiger partial charge in [0.15, 0.2) is 22.9 Å². The van der Waals surface area contributed by atoms with Gasteiger partial charge in [0.1, 0.15) is 0 Å². The Kier molecular flexibility index (Phi) is 3.60. The molecule has 0 aromatic heterocycles. The molecule has 2 bridgehead atoms. The number of rotatable bonds is 3. The monoisotopic (exact) mass is 405 g/mol. The first-order valence-electron chi connectivity index (χ1n) is 10.9. The van der Waals surface area contributed by atoms with Crippen molar-refractivity contribution < 1.29 is 19.4 Å². The molecule has 1 saturated heterocycles. The maximum absolute atomic E-state index is 13.8. The first kappa shape index (κ1) is 18.4. The maximum Gasteiger partial charge on any atom is 0.183 e. The van der Waals surface area contributed by atoms with Crippen LogP contribution in [0.2, 0.25) is 0 Å². The second-order valence-corrected chi connectivity index (χ2v) is 9.41. The number of carbonyl (C=O) groups is 1. The lowest BCUT2D eigenvalue weighted by Crippen LogP contribution is -2.81. The Morgan fingerprint density at radius 2 is 2.00 bits per heavy atom. The lowest BCUT2D eigenvalue weighted by molar-refractivity contribution is -0.221. The minimum absolute atomic E-state index is 0.125. The molecule has 4 atom stereocenters. The van der Waals surface area contributed by atoms with Crippen molar-refractivity contribution in [2.45, 2.75) is 54.8 Å². The van der Waals surface area contributed by atoms with Gasteiger partial charge in [-0.3, -0.25) is 4.79 Å². The third kappa shape index (κ3) is 1.85. The molecule has 6 rings (SSSR count). The minimum Gasteiger partial charge on any atom is -0.504 e. The van der Waals surface area contributed by atoms with Crippen molar-refractivity contribution in [2.24, 2.45) is 0 Å². The van der Waals surface area contributed by atoms with Crippen LogP contribution in [0.15, 0.2) is 42.5 Å². The maximum atomic E-state index is 13.8. The molecule has 0 amide bonds. The Balaban J connectivity index is 1.69. The fourth-order valence-electron chi connectivity index (χ4n) is 7.34. The molecule has 2 aliphatic carbocycles. The van der Waals surface area contributed by atoms with Gasteiger partial charge in [0.25, 0.3) is 0 Å². The molecule has 4 aliphatic rings. The highest BCUT2D eigenvalue weighted by Crippen LogP contribution is 2.69. The van der Waals surface area contributed by atoms with Crippen LogP contribution in [0.3, 0.4) is 0 Å². The van der Waals surface area contributed by atoms with E-state index in [2.05, 4.69) is 24.1 Å². The van der Waals surface area contributed by atoms with Crippen molar-refractivity contribution in [1.29, 1.82) is 0 Å². The Morgan fingerprint density at radius 3 is 2.77 bits per heavy atom. The van der Waals surface area contributed by atoms with Gasteiger partial charge in [0.2, 0.25) is 0 Å². The number of benzene rings is 2. The number of hydrogen-bond donors (Lipinski definition) is 1. The zero-order valence-corrected chi connectivity index (χ0v) is 17.5. The number of phenols is 1. The standard InChI is InChI=1S/C25H27NO4/c1-26-13-12-23-21-17-8-9-18(27)22(21)30-25(23,15-16-6-4-3-5-7-16)20(28)10-11-24(23,29-2)19(26)14-17/h3-9,19,27H,10-15H2,1-2H3/t19?,23-,24-,25+/m1/s1. The van der Waals surface area contributed by atoms with Gasteiger partial charge < -0.3 is 19.5 Å². The molecule has 1 N–H and O–H groups in total. The molecule has 5 nitrogen and oxygen atoms in total. The van der Waals surface area contributed by atoms with Crippen LogP contribution in [-0.2, 0) is 27.8 Å². The van der Waals surface area contributed by atoms with Crippen molar-refractivity contribution in [1.82, 2.24) is 4.90 Å². The highest BCUT2D eigenvalue weighted by atomic mass is 16.5. The van der Waals surface area contributed by atoms with Gasteiger partial charge in [0, 0.05) is 31.6 Å². The van der Waals surface area contributed by atoms with E-state index in [9.17, 15) is 9.90 Å². The van der Waals surface area contributed by atoms with Crippen molar-refractivity contribution in [3.63, 3.8) is 0 Å². The number of Topliss-reactive ketones (excluding diaryl/α,β-unsaturated/α-hetero) is 1. The Labute approximate surface area is 176 Å². The second kappa shape index (κ2) is 5.86. The number of ether oxygens (including phenoxy) is 2. The third-order valence-corrected chi connectivity index (χ3v) is 8.50. The topological polar surface area (TPSA) is 59.0 Å². The smallest absolute Gasteiger partial charge is 0.183 e. The summed E-state index contributed by atoms with van der Waals surface area (Å²) in [7, 11) is 3.96. The van der Waals surface area contributed by atoms with Gasteiger partial charge in [0.05, 0.1) is 11.0 Å². The summed E-state index contributed by atoms with van der Waals surface area (Å²) >= 11 is 0. The van der Waals surface area contributed by atoms with Gasteiger partial charge in [-0.2, -0.15) is 0 Å². The quantitative estimate of drug-likeness (QED) is 0.851. The molecule has 30 heavy (non-hydrogen) atoms. The SMILES string of the molecule is CO[C@@]12CCC(=O)[C@]3(Cc4ccccc4)Oc4c(O)ccc5c4[C@@]31CCN(C)C2C5. The third-order valence-electron chi connectivity index (χ3n) is 8.50. The van der Waals surface area contributed by atoms with E-state index in [4.69, 9.17) is 9.47 Å². The van der Waals surface area contributed by atoms with Crippen LogP contribution < -0.4 is 4.74 Å². The normalized spacial score (nSPS) is 36.3. The summed E-state index contributed by atoms with van der Waals surface area (Å²) in [4.78, 5) is 16.2. The Morgan fingerprint density at radius 1 is 1.20 bits per heavy atom. The van der Waals surface area contributed by atoms with E-state index in [-0.39, 0.29) is 17.6 Å². The fourth-order valence-corrected chi connectivity index (χ4v) is 7.34. The van der Waals surface area contributed by atoms with Gasteiger partial charge in [-0.05, 0) is 50.0 Å². The molecule has 5 heteroatoms. The van der Waals surface area contributed by atoms with Crippen LogP contribution in [0.4, 0.5) is 0 Å². The largest absolute Gasteiger partial charge is 0.504 e. The molecular weight excluding hydrogens is 378 g/mol. The van der Waals surface area contributed by atoms with Crippen LogP contribution in [-0.4, -0.2) is 53.7 Å². The molecule has 2 aromatic carbocycles. The predicted molar refractivity (Wildman–Crippen MR) is 112 cm³/mol. The Bertz CT molecular complexity index is 1050. The van der Waals surface area contributed by atoms with E-state index in [1.54, 1.807) is 13.2 Å². The Hall–Kier alpha value is -2.37. The van der Waals surface area contributed by atoms with Gasteiger partial charge in [-0.1, -0.05) is 36.4 Å². The number of ketones is 1. The van der Waals surface area contributed by atoms with Gasteiger partial charge in [-0.15, -0.1) is 0 Å². The highest BCUT2D eigenvalue weighted by molar-refractivity contribution is 5.94. The van der Waals surface area contributed by atoms with Crippen LogP contribution in [0, 0.1) is 0 Å². The molecule has 0 radical (unpaired) electrons. The molecule has 1 spiro atoms. The average molecular weight is 405 g/mol. The second-order valence-electron chi connectivity index (χ2n) is 9.41. The lowest BCUT2D eigenvalue weighted by Gasteiger charge is -2.66. The van der Waals surface area contributed by atoms with E-state index in [0.29, 0.717) is 25.0 Å². The first-order valence-corrected chi connectivity index (χ1v) is 10.9. The highest BCUT2D eigenvalue weighted by Gasteiger charge is 2.79. The van der Waals surface area contributed by atoms with Crippen molar-refractivity contribution in [2.75, 3.05) is 20.7 Å². The zero-order valence-electron chi connectivity index (χ0n) is 17.5. The van der Waals surface area contributed by atoms with Crippen molar-refractivity contribution >= 4 is 5.78 Å². The molecule has 2 aromatic rings. The fraction of sp³-hybridized carbons (Fsp3) is 0.480. The summed E-state index contributed by atoms with van der Waals surface area (Å²) in [6.45, 7) is 0.873. The number of aromatic hydroxyl groups is 1. The minimum atomic E-state index is -1.06. The van der Waals surface area contributed by atoms with Crippen molar-refractivity contribution in [3.05, 3.63) is 59.2 Å². The van der Waals surface area contributed by atoms with E-state index < -0.39 is 16.6 Å². The predicted octanol–water partition coefficient (Wildman–Crippen LogP) is 3.01. The number of piperidine rings is 1. The van der Waals surface area contributed by atoms with E-state index in [0.717, 1.165) is 30.5 Å². The number of methoxy groups -OCH3 is 1. The summed E-state index contributed by atoms with van der Waals surface area (Å²) in [6.07, 6.45) is 3.22. The zero-order chi connectivity index (χ0) is 20.7. The van der Waals surface area contributed by atoms with Crippen molar-refractivity contribution in [3.8, 4) is 11.5 Å². The average Bonchev–Trinajstić information content (AvgIpc) is 3.06. The van der Waals surface area contributed by atoms with E-state index in [1.165, 1.54) is 5.56 Å². The van der Waals surface area contributed by atoms with E-state index >= 15 is 0 Å². The molecule has 2 fully saturated rings. The van der Waals surface area contributed by atoms with Gasteiger partial charge in [-0.25, -0.2) is 0 Å². The summed E-state index contributed by atoms with van der Waals surface area (Å²) in [5.74, 6) is 0.758. The number of phenolic OH excluding ortho intramolecular Hbond substituents is 1. The molecule has 1 unspecified atom stereocenters. The van der Waals surface area contributed by atoms with Crippen LogP contribution in [0.5, 0.6) is 11.5 Å². The van der Waals surface area contributed by atoms with Gasteiger partial charge >= 0.3 is 0 Å². The number of hydrogen-bond acceptors (Lipinski definition) is 5. The summed E-state index contributed by atoms with van der Waals surface area (Å²) in [5, 5.41) is 10.8. The number of likely N-dealkylation sites (tertiary alicyclic amines) is 1. The van der Waals surface area contributed by atoms with E-state index in [1.807, 2.05) is 24.3 Å². The molecular formula is C25H27NO4. The molecule has 2 aliphatic heterocycles. The molecule has 2 heterocycles. The van der Waals surface area contributed by atoms with Crippen LogP contribution >= 0.6 is 0 Å². The summed E-state index contributed by atoms with van der Waals surface area (Å²) in [5.41, 5.74) is 1.10. The molecule has 1 saturated carbocycles.